The summed E-state index contributed by atoms with van der Waals surface area (Å²) in [6, 6.07) is 0. The van der Waals surface area contributed by atoms with E-state index >= 15 is 0 Å². The lowest BCUT2D eigenvalue weighted by molar-refractivity contribution is -0.127. The average Bonchev–Trinajstić information content (AvgIpc) is 2.43. The fourth-order valence-electron chi connectivity index (χ4n) is 0.359. The topological polar surface area (TPSA) is 32.6 Å². The lowest BCUT2D eigenvalue weighted by Crippen LogP contribution is -2.10. The maximum atomic E-state index is 10.6. The zero-order valence-corrected chi connectivity index (χ0v) is 6.09. The van der Waals surface area contributed by atoms with Crippen molar-refractivity contribution < 1.29 is 9.32 Å². The Hall–Kier alpha value is -0.613. The Bertz CT molecular complexity index is 141. The zero-order chi connectivity index (χ0) is 6.15. The molecule has 0 atom stereocenters. The van der Waals surface area contributed by atoms with E-state index in [2.05, 4.69) is 6.58 Å². The summed E-state index contributed by atoms with van der Waals surface area (Å²) in [5.74, 6) is -0.0586. The van der Waals surface area contributed by atoms with Crippen LogP contribution < -0.4 is 0 Å². The van der Waals surface area contributed by atoms with E-state index in [9.17, 15) is 4.79 Å². The van der Waals surface area contributed by atoms with Crippen molar-refractivity contribution in [3.8, 4) is 0 Å². The van der Waals surface area contributed by atoms with Gasteiger partial charge in [0.05, 0.1) is 0 Å². The first-order valence-electron chi connectivity index (χ1n) is 2.32. The van der Waals surface area contributed by atoms with Crippen molar-refractivity contribution in [2.75, 3.05) is 0 Å². The van der Waals surface area contributed by atoms with Gasteiger partial charge in [0.2, 0.25) is 0 Å². The van der Waals surface area contributed by atoms with Gasteiger partial charge in [-0.05, 0) is 6.92 Å². The normalized spacial score (nSPS) is 18.9. The van der Waals surface area contributed by atoms with E-state index in [-0.39, 0.29) is 5.91 Å². The minimum absolute atomic E-state index is 0.0586. The molecule has 1 aliphatic rings. The van der Waals surface area contributed by atoms with Crippen LogP contribution in [0.3, 0.4) is 0 Å². The second-order valence-electron chi connectivity index (χ2n) is 1.72. The summed E-state index contributed by atoms with van der Waals surface area (Å²) in [4.78, 5) is 10.6. The highest BCUT2D eigenvalue weighted by Gasteiger charge is 2.26. The Labute approximate surface area is 49.9 Å². The summed E-state index contributed by atoms with van der Waals surface area (Å²) in [5, 5.41) is 0. The molecule has 1 rings (SSSR count). The quantitative estimate of drug-likeness (QED) is 0.267. The molecule has 1 saturated heterocycles. The van der Waals surface area contributed by atoms with E-state index in [1.807, 2.05) is 0 Å². The summed E-state index contributed by atoms with van der Waals surface area (Å²) in [6.07, 6.45) is 0. The Morgan fingerprint density at radius 1 is 1.88 bits per heavy atom. The molecule has 1 fully saturated rings. The van der Waals surface area contributed by atoms with E-state index in [0.29, 0.717) is 5.57 Å². The minimum atomic E-state index is -0.587. The second kappa shape index (κ2) is 1.72. The van der Waals surface area contributed by atoms with Gasteiger partial charge in [-0.2, -0.15) is 0 Å². The van der Waals surface area contributed by atoms with Crippen molar-refractivity contribution in [2.45, 2.75) is 6.92 Å². The van der Waals surface area contributed by atoms with Crippen molar-refractivity contribution in [2.24, 2.45) is 0 Å². The first-order valence-corrected chi connectivity index (χ1v) is 3.53. The van der Waals surface area contributed by atoms with E-state index in [1.54, 1.807) is 6.92 Å². The number of rotatable bonds is 1. The van der Waals surface area contributed by atoms with Crippen LogP contribution in [0.15, 0.2) is 12.2 Å². The molecule has 0 saturated carbocycles. The van der Waals surface area contributed by atoms with Gasteiger partial charge in [-0.3, -0.25) is 4.79 Å². The van der Waals surface area contributed by atoms with Crippen LogP contribution in [0.4, 0.5) is 0 Å². The average molecular weight is 129 g/mol. The zero-order valence-electron chi connectivity index (χ0n) is 4.68. The van der Waals surface area contributed by atoms with E-state index in [4.69, 9.17) is 4.53 Å². The molecule has 4 heteroatoms. The summed E-state index contributed by atoms with van der Waals surface area (Å²) in [7, 11) is -0.587. The minimum Gasteiger partial charge on any atom is -0.302 e. The number of hydrogen-bond acceptors (Lipinski definition) is 2. The molecule has 0 aromatic heterocycles. The largest absolute Gasteiger partial charge is 0.328 e. The van der Waals surface area contributed by atoms with Crippen molar-refractivity contribution in [3.05, 3.63) is 12.2 Å². The number of hydroxylamine groups is 1. The molecule has 0 aromatic rings. The van der Waals surface area contributed by atoms with Gasteiger partial charge in [-0.25, -0.2) is 4.73 Å². The first-order chi connectivity index (χ1) is 3.72. The van der Waals surface area contributed by atoms with Crippen molar-refractivity contribution in [1.82, 2.24) is 4.73 Å². The SMILES string of the molecule is C=C(C)C(=O)N1O[SiH2]1. The fourth-order valence-corrected chi connectivity index (χ4v) is 0.921. The van der Waals surface area contributed by atoms with Crippen LogP contribution in [0.1, 0.15) is 6.92 Å². The number of hydrogen-bond donors (Lipinski definition) is 0. The first kappa shape index (κ1) is 5.52. The highest BCUT2D eigenvalue weighted by molar-refractivity contribution is 6.38. The van der Waals surface area contributed by atoms with Gasteiger partial charge in [-0.15, -0.1) is 0 Å². The van der Waals surface area contributed by atoms with Gasteiger partial charge in [0.1, 0.15) is 0 Å². The maximum Gasteiger partial charge on any atom is 0.328 e. The van der Waals surface area contributed by atoms with Crippen molar-refractivity contribution in [1.29, 1.82) is 0 Å². The molecule has 44 valence electrons. The highest BCUT2D eigenvalue weighted by Crippen LogP contribution is 2.07. The van der Waals surface area contributed by atoms with E-state index in [0.717, 1.165) is 0 Å². The van der Waals surface area contributed by atoms with Crippen molar-refractivity contribution in [3.63, 3.8) is 0 Å². The van der Waals surface area contributed by atoms with Gasteiger partial charge in [0.25, 0.3) is 5.91 Å². The Kier molecular flexibility index (Phi) is 1.19. The molecule has 0 aliphatic carbocycles. The van der Waals surface area contributed by atoms with Crippen LogP contribution in [0.25, 0.3) is 0 Å². The number of carbonyl (C=O) groups is 1. The monoisotopic (exact) mass is 129 g/mol. The van der Waals surface area contributed by atoms with Crippen LogP contribution in [0.5, 0.6) is 0 Å². The number of amides is 1. The molecule has 8 heavy (non-hydrogen) atoms. The molecule has 0 bridgehead atoms. The Balaban J connectivity index is 2.45. The van der Waals surface area contributed by atoms with Gasteiger partial charge >= 0.3 is 9.92 Å². The maximum absolute atomic E-state index is 10.6. The number of carbonyl (C=O) groups excluding carboxylic acids is 1. The van der Waals surface area contributed by atoms with Gasteiger partial charge < -0.3 is 4.53 Å². The molecule has 0 N–H and O–H groups in total. The fraction of sp³-hybridized carbons (Fsp3) is 0.250. The molecule has 3 nitrogen and oxygen atoms in total. The van der Waals surface area contributed by atoms with E-state index in [1.165, 1.54) is 4.73 Å². The van der Waals surface area contributed by atoms with Crippen LogP contribution >= 0.6 is 0 Å². The third-order valence-corrected chi connectivity index (χ3v) is 1.65. The second-order valence-corrected chi connectivity index (χ2v) is 2.81. The predicted molar refractivity (Wildman–Crippen MR) is 31.3 cm³/mol. The molecule has 1 aliphatic heterocycles. The molecule has 0 aromatic carbocycles. The van der Waals surface area contributed by atoms with Crippen LogP contribution in [0.2, 0.25) is 0 Å². The standard InChI is InChI=1S/C4H7NO2Si/c1-3(2)4(6)5-7-8-5/h1,8H2,2H3. The van der Waals surface area contributed by atoms with E-state index < -0.39 is 9.92 Å². The lowest BCUT2D eigenvalue weighted by Gasteiger charge is -1.93. The van der Waals surface area contributed by atoms with Crippen LogP contribution in [0, 0.1) is 0 Å². The number of nitrogens with zero attached hydrogens (tertiary/aromatic N) is 1. The van der Waals surface area contributed by atoms with Gasteiger partial charge in [-0.1, -0.05) is 6.58 Å². The molecule has 1 heterocycles. The molecular weight excluding hydrogens is 122 g/mol. The smallest absolute Gasteiger partial charge is 0.302 e. The van der Waals surface area contributed by atoms with Crippen LogP contribution in [-0.2, 0) is 9.32 Å². The molecule has 0 spiro atoms. The third-order valence-electron chi connectivity index (χ3n) is 0.850. The predicted octanol–water partition coefficient (Wildman–Crippen LogP) is -0.665. The summed E-state index contributed by atoms with van der Waals surface area (Å²) < 4.78 is 6.08. The van der Waals surface area contributed by atoms with Crippen molar-refractivity contribution >= 4 is 15.8 Å². The van der Waals surface area contributed by atoms with Gasteiger partial charge in [0.15, 0.2) is 0 Å². The Morgan fingerprint density at radius 2 is 2.38 bits per heavy atom. The highest BCUT2D eigenvalue weighted by atomic mass is 28.3. The van der Waals surface area contributed by atoms with Gasteiger partial charge in [0, 0.05) is 5.57 Å². The summed E-state index contributed by atoms with van der Waals surface area (Å²) in [6.45, 7) is 5.15. The molecule has 0 radical (unpaired) electrons. The molecule has 1 amide bonds. The van der Waals surface area contributed by atoms with Crippen LogP contribution in [-0.4, -0.2) is 20.6 Å². The molecule has 0 unspecified atom stereocenters. The lowest BCUT2D eigenvalue weighted by atomic mass is 10.3. The Morgan fingerprint density at radius 3 is 2.50 bits per heavy atom. The summed E-state index contributed by atoms with van der Waals surface area (Å²) >= 11 is 0. The third kappa shape index (κ3) is 0.961. The molecular formula is C4H7NO2Si. The summed E-state index contributed by atoms with van der Waals surface area (Å²) in [5.41, 5.74) is 0.551.